The van der Waals surface area contributed by atoms with Gasteiger partial charge in [0.2, 0.25) is 5.91 Å². The van der Waals surface area contributed by atoms with Gasteiger partial charge in [-0.25, -0.2) is 0 Å². The Labute approximate surface area is 173 Å². The van der Waals surface area contributed by atoms with Gasteiger partial charge in [0.05, 0.1) is 11.4 Å². The second-order valence-electron chi connectivity index (χ2n) is 5.89. The Kier molecular flexibility index (Phi) is 7.15. The van der Waals surface area contributed by atoms with Gasteiger partial charge >= 0.3 is 0 Å². The second-order valence-corrected chi connectivity index (χ2v) is 7.60. The normalized spacial score (nSPS) is 10.3. The van der Waals surface area contributed by atoms with Crippen LogP contribution in [0.2, 0.25) is 0 Å². The van der Waals surface area contributed by atoms with Gasteiger partial charge in [-0.2, -0.15) is 0 Å². The average Bonchev–Trinajstić information content (AvgIpc) is 2.56. The van der Waals surface area contributed by atoms with Crippen molar-refractivity contribution in [3.63, 3.8) is 0 Å². The second kappa shape index (κ2) is 9.14. The zero-order chi connectivity index (χ0) is 20.1. The summed E-state index contributed by atoms with van der Waals surface area (Å²) in [5.41, 5.74) is 2.43. The van der Waals surface area contributed by atoms with Gasteiger partial charge in [0, 0.05) is 21.4 Å². The first-order valence-corrected chi connectivity index (χ1v) is 9.57. The van der Waals surface area contributed by atoms with Gasteiger partial charge in [-0.05, 0) is 81.6 Å². The summed E-state index contributed by atoms with van der Waals surface area (Å²) < 4.78 is 7.03. The van der Waals surface area contributed by atoms with Crippen molar-refractivity contribution in [2.45, 2.75) is 20.8 Å². The molecular formula is C19H18Br2N2O4. The SMILES string of the molecule is CC(=O)Nc1ccc(C(C)=O)cc1OCC(=O)Nc1c(Br)cc(C)cc1Br. The molecule has 2 N–H and O–H groups in total. The third-order valence-corrected chi connectivity index (χ3v) is 4.76. The molecule has 2 amide bonds. The van der Waals surface area contributed by atoms with Crippen molar-refractivity contribution in [3.05, 3.63) is 50.4 Å². The molecule has 0 spiro atoms. The lowest BCUT2D eigenvalue weighted by Gasteiger charge is -2.14. The van der Waals surface area contributed by atoms with Crippen LogP contribution in [-0.4, -0.2) is 24.2 Å². The van der Waals surface area contributed by atoms with Crippen LogP contribution in [0, 0.1) is 6.92 Å². The molecule has 2 aromatic rings. The Morgan fingerprint density at radius 3 is 2.19 bits per heavy atom. The van der Waals surface area contributed by atoms with E-state index in [4.69, 9.17) is 4.74 Å². The number of amides is 2. The Balaban J connectivity index is 2.15. The number of carbonyl (C=O) groups excluding carboxylic acids is 3. The predicted octanol–water partition coefficient (Wildman–Crippen LogP) is 4.70. The van der Waals surface area contributed by atoms with E-state index >= 15 is 0 Å². The summed E-state index contributed by atoms with van der Waals surface area (Å²) in [6.07, 6.45) is 0. The number of benzene rings is 2. The van der Waals surface area contributed by atoms with Crippen LogP contribution in [0.3, 0.4) is 0 Å². The number of rotatable bonds is 6. The van der Waals surface area contributed by atoms with Crippen LogP contribution in [0.1, 0.15) is 29.8 Å². The van der Waals surface area contributed by atoms with Gasteiger partial charge in [-0.1, -0.05) is 0 Å². The number of ketones is 1. The summed E-state index contributed by atoms with van der Waals surface area (Å²) in [6.45, 7) is 4.44. The maximum absolute atomic E-state index is 12.3. The van der Waals surface area contributed by atoms with E-state index in [0.29, 0.717) is 16.9 Å². The van der Waals surface area contributed by atoms with Gasteiger partial charge in [-0.15, -0.1) is 0 Å². The molecule has 0 saturated carbocycles. The van der Waals surface area contributed by atoms with E-state index in [1.165, 1.54) is 19.9 Å². The molecule has 142 valence electrons. The van der Waals surface area contributed by atoms with Gasteiger partial charge in [0.15, 0.2) is 12.4 Å². The maximum atomic E-state index is 12.3. The fraction of sp³-hybridized carbons (Fsp3) is 0.211. The smallest absolute Gasteiger partial charge is 0.262 e. The van der Waals surface area contributed by atoms with Crippen LogP contribution >= 0.6 is 31.9 Å². The maximum Gasteiger partial charge on any atom is 0.262 e. The van der Waals surface area contributed by atoms with Gasteiger partial charge in [-0.3, -0.25) is 14.4 Å². The highest BCUT2D eigenvalue weighted by Gasteiger charge is 2.14. The Morgan fingerprint density at radius 1 is 1.00 bits per heavy atom. The molecule has 0 heterocycles. The van der Waals surface area contributed by atoms with E-state index in [0.717, 1.165) is 14.5 Å². The van der Waals surface area contributed by atoms with E-state index in [2.05, 4.69) is 42.5 Å². The molecule has 0 aliphatic carbocycles. The van der Waals surface area contributed by atoms with E-state index in [1.54, 1.807) is 12.1 Å². The minimum absolute atomic E-state index is 0.147. The number of anilines is 2. The topological polar surface area (TPSA) is 84.5 Å². The van der Waals surface area contributed by atoms with Crippen LogP contribution in [0.15, 0.2) is 39.3 Å². The highest BCUT2D eigenvalue weighted by molar-refractivity contribution is 9.11. The summed E-state index contributed by atoms with van der Waals surface area (Å²) in [7, 11) is 0. The molecule has 2 aromatic carbocycles. The van der Waals surface area contributed by atoms with Crippen molar-refractivity contribution in [2.75, 3.05) is 17.2 Å². The molecule has 27 heavy (non-hydrogen) atoms. The molecule has 2 rings (SSSR count). The van der Waals surface area contributed by atoms with E-state index in [9.17, 15) is 14.4 Å². The Hall–Kier alpha value is -2.19. The highest BCUT2D eigenvalue weighted by Crippen LogP contribution is 2.32. The lowest BCUT2D eigenvalue weighted by Crippen LogP contribution is -2.21. The number of hydrogen-bond acceptors (Lipinski definition) is 4. The summed E-state index contributed by atoms with van der Waals surface area (Å²) in [6, 6.07) is 8.41. The van der Waals surface area contributed by atoms with Crippen LogP contribution in [-0.2, 0) is 9.59 Å². The van der Waals surface area contributed by atoms with Crippen molar-refractivity contribution in [1.29, 1.82) is 0 Å². The highest BCUT2D eigenvalue weighted by atomic mass is 79.9. The number of carbonyl (C=O) groups is 3. The Morgan fingerprint density at radius 2 is 1.63 bits per heavy atom. The van der Waals surface area contributed by atoms with Crippen molar-refractivity contribution < 1.29 is 19.1 Å². The molecule has 0 atom stereocenters. The summed E-state index contributed by atoms with van der Waals surface area (Å²) in [5, 5.41) is 5.38. The number of aryl methyl sites for hydroxylation is 1. The van der Waals surface area contributed by atoms with E-state index < -0.39 is 0 Å². The molecule has 0 aromatic heterocycles. The molecule has 8 heteroatoms. The molecule has 0 unspecified atom stereocenters. The first-order valence-electron chi connectivity index (χ1n) is 7.98. The quantitative estimate of drug-likeness (QED) is 0.566. The first kappa shape index (κ1) is 21.1. The fourth-order valence-corrected chi connectivity index (χ4v) is 3.91. The van der Waals surface area contributed by atoms with Gasteiger partial charge in [0.25, 0.3) is 5.91 Å². The number of Topliss-reactive ketones (excluding diaryl/α,β-unsaturated/α-hetero) is 1. The van der Waals surface area contributed by atoms with Crippen molar-refractivity contribution >= 4 is 60.8 Å². The standard InChI is InChI=1S/C19H18Br2N2O4/c1-10-6-14(20)19(15(21)7-10)23-18(26)9-27-17-8-13(11(2)24)4-5-16(17)22-12(3)25/h4-8H,9H2,1-3H3,(H,22,25)(H,23,26). The van der Waals surface area contributed by atoms with Crippen LogP contribution in [0.5, 0.6) is 5.75 Å². The van der Waals surface area contributed by atoms with Gasteiger partial charge in [0.1, 0.15) is 5.75 Å². The third-order valence-electron chi connectivity index (χ3n) is 3.51. The number of hydrogen-bond donors (Lipinski definition) is 2. The minimum Gasteiger partial charge on any atom is -0.482 e. The molecule has 0 radical (unpaired) electrons. The Bertz CT molecular complexity index is 890. The van der Waals surface area contributed by atoms with Crippen LogP contribution in [0.25, 0.3) is 0 Å². The number of ether oxygens (including phenoxy) is 1. The molecule has 0 aliphatic heterocycles. The predicted molar refractivity (Wildman–Crippen MR) is 111 cm³/mol. The molecule has 0 saturated heterocycles. The number of nitrogens with one attached hydrogen (secondary N) is 2. The molecule has 0 bridgehead atoms. The monoisotopic (exact) mass is 496 g/mol. The largest absolute Gasteiger partial charge is 0.482 e. The lowest BCUT2D eigenvalue weighted by atomic mass is 10.1. The molecule has 0 aliphatic rings. The average molecular weight is 498 g/mol. The summed E-state index contributed by atoms with van der Waals surface area (Å²) >= 11 is 6.83. The van der Waals surface area contributed by atoms with E-state index in [1.807, 2.05) is 19.1 Å². The van der Waals surface area contributed by atoms with Crippen LogP contribution in [0.4, 0.5) is 11.4 Å². The molecule has 6 nitrogen and oxygen atoms in total. The third kappa shape index (κ3) is 5.90. The lowest BCUT2D eigenvalue weighted by molar-refractivity contribution is -0.118. The molecular weight excluding hydrogens is 480 g/mol. The first-order chi connectivity index (χ1) is 12.7. The van der Waals surface area contributed by atoms with Gasteiger partial charge < -0.3 is 15.4 Å². The van der Waals surface area contributed by atoms with Crippen molar-refractivity contribution in [1.82, 2.24) is 0 Å². The minimum atomic E-state index is -0.387. The zero-order valence-electron chi connectivity index (χ0n) is 15.0. The van der Waals surface area contributed by atoms with Crippen molar-refractivity contribution in [3.8, 4) is 5.75 Å². The summed E-state index contributed by atoms with van der Waals surface area (Å²) in [4.78, 5) is 35.2. The van der Waals surface area contributed by atoms with Crippen LogP contribution < -0.4 is 15.4 Å². The fourth-order valence-electron chi connectivity index (χ4n) is 2.29. The number of halogens is 2. The molecule has 0 fully saturated rings. The summed E-state index contributed by atoms with van der Waals surface area (Å²) in [5.74, 6) is -0.573. The van der Waals surface area contributed by atoms with E-state index in [-0.39, 0.29) is 30.0 Å². The van der Waals surface area contributed by atoms with Crippen molar-refractivity contribution in [2.24, 2.45) is 0 Å². The zero-order valence-corrected chi connectivity index (χ0v) is 18.2.